The molecule has 0 aliphatic heterocycles. The smallest absolute Gasteiger partial charge is 0.0140 e. The number of hydrogen-bond donors (Lipinski definition) is 1. The molecule has 0 aromatic rings. The van der Waals surface area contributed by atoms with Crippen LogP contribution in [0.25, 0.3) is 0 Å². The lowest BCUT2D eigenvalue weighted by atomic mass is 9.72. The molecule has 0 amide bonds. The summed E-state index contributed by atoms with van der Waals surface area (Å²) in [7, 11) is 0. The second kappa shape index (κ2) is 9.72. The zero-order valence-electron chi connectivity index (χ0n) is 16.0. The summed E-state index contributed by atoms with van der Waals surface area (Å²) in [6, 6.07) is 0. The number of likely N-dealkylation sites (N-methyl/N-ethyl adjacent to an activating group) is 1. The van der Waals surface area contributed by atoms with Crippen LogP contribution in [0.2, 0.25) is 0 Å². The van der Waals surface area contributed by atoms with Crippen molar-refractivity contribution in [2.24, 2.45) is 5.41 Å². The van der Waals surface area contributed by atoms with Gasteiger partial charge in [-0.3, -0.25) is 0 Å². The second-order valence-electron chi connectivity index (χ2n) is 7.29. The van der Waals surface area contributed by atoms with Gasteiger partial charge in [-0.25, -0.2) is 0 Å². The van der Waals surface area contributed by atoms with Crippen LogP contribution in [0.1, 0.15) is 60.8 Å². The number of rotatable bonds is 7. The van der Waals surface area contributed by atoms with Gasteiger partial charge in [0.05, 0.1) is 0 Å². The zero-order chi connectivity index (χ0) is 17.3. The van der Waals surface area contributed by atoms with Crippen LogP contribution in [0.15, 0.2) is 58.7 Å². The first-order valence-corrected chi connectivity index (χ1v) is 8.97. The van der Waals surface area contributed by atoms with Crippen LogP contribution in [-0.2, 0) is 0 Å². The van der Waals surface area contributed by atoms with Gasteiger partial charge >= 0.3 is 0 Å². The molecule has 0 radical (unpaired) electrons. The maximum Gasteiger partial charge on any atom is 0.0140 e. The van der Waals surface area contributed by atoms with Gasteiger partial charge in [0, 0.05) is 6.54 Å². The van der Waals surface area contributed by atoms with E-state index in [1.807, 2.05) is 0 Å². The minimum Gasteiger partial charge on any atom is -0.314 e. The van der Waals surface area contributed by atoms with Gasteiger partial charge in [0.15, 0.2) is 0 Å². The molecule has 0 aromatic carbocycles. The van der Waals surface area contributed by atoms with Crippen molar-refractivity contribution in [1.29, 1.82) is 0 Å². The maximum atomic E-state index is 3.30. The van der Waals surface area contributed by atoms with Crippen LogP contribution < -0.4 is 5.32 Å². The van der Waals surface area contributed by atoms with E-state index in [0.29, 0.717) is 5.41 Å². The first kappa shape index (κ1) is 19.7. The molecule has 1 heteroatoms. The van der Waals surface area contributed by atoms with Crippen molar-refractivity contribution in [1.82, 2.24) is 5.32 Å². The Hall–Kier alpha value is -1.34. The number of hydrogen-bond acceptors (Lipinski definition) is 1. The van der Waals surface area contributed by atoms with Crippen LogP contribution in [-0.4, -0.2) is 13.1 Å². The van der Waals surface area contributed by atoms with E-state index in [2.05, 4.69) is 83.3 Å². The van der Waals surface area contributed by atoms with E-state index in [0.717, 1.165) is 13.1 Å². The third-order valence-corrected chi connectivity index (χ3v) is 4.59. The highest BCUT2D eigenvalue weighted by molar-refractivity contribution is 5.37. The summed E-state index contributed by atoms with van der Waals surface area (Å²) in [5.41, 5.74) is 6.00. The molecule has 0 unspecified atom stereocenters. The van der Waals surface area contributed by atoms with Crippen molar-refractivity contribution < 1.29 is 0 Å². The van der Waals surface area contributed by atoms with E-state index in [1.165, 1.54) is 36.0 Å². The van der Waals surface area contributed by atoms with Crippen LogP contribution in [0.4, 0.5) is 0 Å². The Bertz CT molecular complexity index is 524. The highest BCUT2D eigenvalue weighted by atomic mass is 14.8. The van der Waals surface area contributed by atoms with Gasteiger partial charge in [-0.2, -0.15) is 0 Å². The Labute approximate surface area is 143 Å². The van der Waals surface area contributed by atoms with Crippen molar-refractivity contribution >= 4 is 0 Å². The van der Waals surface area contributed by atoms with Crippen LogP contribution in [0, 0.1) is 5.41 Å². The summed E-state index contributed by atoms with van der Waals surface area (Å²) in [5, 5.41) is 3.30. The van der Waals surface area contributed by atoms with E-state index >= 15 is 0 Å². The standard InChI is InChI=1S/C22H35N/c1-7-23-17-15-19(3)11-8-10-18(2)13-14-21-20(4)12-9-16-22(21,5)6/h8,10-11,13-15,23H,7,9,12,16-17H2,1-6H3/b11-8+,14-13+,18-10+,19-15+. The SMILES string of the molecule is CCNC/C=C(C)/C=C/C=C(C)/C=C/C1=C(C)CCCC1(C)C. The summed E-state index contributed by atoms with van der Waals surface area (Å²) in [6.07, 6.45) is 17.2. The maximum absolute atomic E-state index is 3.30. The summed E-state index contributed by atoms with van der Waals surface area (Å²) in [6.45, 7) is 15.4. The molecule has 0 bridgehead atoms. The van der Waals surface area contributed by atoms with Crippen molar-refractivity contribution in [2.45, 2.75) is 60.8 Å². The molecule has 23 heavy (non-hydrogen) atoms. The Morgan fingerprint density at radius 3 is 2.57 bits per heavy atom. The van der Waals surface area contributed by atoms with Gasteiger partial charge in [0.25, 0.3) is 0 Å². The fourth-order valence-electron chi connectivity index (χ4n) is 3.08. The fourth-order valence-corrected chi connectivity index (χ4v) is 3.08. The lowest BCUT2D eigenvalue weighted by molar-refractivity contribution is 0.377. The monoisotopic (exact) mass is 313 g/mol. The molecule has 1 nitrogen and oxygen atoms in total. The van der Waals surface area contributed by atoms with Crippen LogP contribution in [0.5, 0.6) is 0 Å². The third kappa shape index (κ3) is 7.18. The summed E-state index contributed by atoms with van der Waals surface area (Å²) in [4.78, 5) is 0. The molecule has 1 aliphatic rings. The zero-order valence-corrected chi connectivity index (χ0v) is 16.0. The minimum atomic E-state index is 0.320. The molecule has 0 saturated heterocycles. The Morgan fingerprint density at radius 2 is 1.91 bits per heavy atom. The van der Waals surface area contributed by atoms with E-state index in [9.17, 15) is 0 Å². The van der Waals surface area contributed by atoms with E-state index in [4.69, 9.17) is 0 Å². The molecule has 128 valence electrons. The third-order valence-electron chi connectivity index (χ3n) is 4.59. The molecule has 0 spiro atoms. The second-order valence-corrected chi connectivity index (χ2v) is 7.29. The molecular formula is C22H35N. The first-order valence-electron chi connectivity index (χ1n) is 8.97. The largest absolute Gasteiger partial charge is 0.314 e. The van der Waals surface area contributed by atoms with Crippen molar-refractivity contribution in [3.63, 3.8) is 0 Å². The van der Waals surface area contributed by atoms with Crippen molar-refractivity contribution in [2.75, 3.05) is 13.1 Å². The predicted molar refractivity (Wildman–Crippen MR) is 105 cm³/mol. The van der Waals surface area contributed by atoms with Gasteiger partial charge in [-0.05, 0) is 57.6 Å². The van der Waals surface area contributed by atoms with E-state index in [-0.39, 0.29) is 0 Å². The Kier molecular flexibility index (Phi) is 8.33. The summed E-state index contributed by atoms with van der Waals surface area (Å²) in [5.74, 6) is 0. The average Bonchev–Trinajstić information content (AvgIpc) is 2.46. The first-order chi connectivity index (χ1) is 10.9. The normalized spacial score (nSPS) is 20.1. The molecule has 1 N–H and O–H groups in total. The predicted octanol–water partition coefficient (Wildman–Crippen LogP) is 6.13. The van der Waals surface area contributed by atoms with Gasteiger partial charge in [0.1, 0.15) is 0 Å². The summed E-state index contributed by atoms with van der Waals surface area (Å²) >= 11 is 0. The van der Waals surface area contributed by atoms with E-state index < -0.39 is 0 Å². The molecule has 0 fully saturated rings. The molecule has 0 saturated carbocycles. The topological polar surface area (TPSA) is 12.0 Å². The lowest BCUT2D eigenvalue weighted by Crippen LogP contribution is -2.19. The van der Waals surface area contributed by atoms with Gasteiger partial charge in [-0.1, -0.05) is 73.9 Å². The van der Waals surface area contributed by atoms with Crippen LogP contribution in [0.3, 0.4) is 0 Å². The average molecular weight is 314 g/mol. The molecule has 0 heterocycles. The van der Waals surface area contributed by atoms with Gasteiger partial charge in [0.2, 0.25) is 0 Å². The van der Waals surface area contributed by atoms with Gasteiger partial charge in [-0.15, -0.1) is 0 Å². The number of nitrogens with one attached hydrogen (secondary N) is 1. The quantitative estimate of drug-likeness (QED) is 0.440. The number of allylic oxidation sites excluding steroid dienone is 9. The molecule has 0 aromatic heterocycles. The van der Waals surface area contributed by atoms with Crippen molar-refractivity contribution in [3.05, 3.63) is 58.7 Å². The summed E-state index contributed by atoms with van der Waals surface area (Å²) < 4.78 is 0. The molecule has 0 atom stereocenters. The highest BCUT2D eigenvalue weighted by Gasteiger charge is 2.26. The fraction of sp³-hybridized carbons (Fsp3) is 0.545. The molecular weight excluding hydrogens is 278 g/mol. The van der Waals surface area contributed by atoms with E-state index in [1.54, 1.807) is 5.57 Å². The highest BCUT2D eigenvalue weighted by Crippen LogP contribution is 2.40. The van der Waals surface area contributed by atoms with Crippen molar-refractivity contribution in [3.8, 4) is 0 Å². The van der Waals surface area contributed by atoms with Crippen LogP contribution >= 0.6 is 0 Å². The Balaban J connectivity index is 2.67. The molecule has 1 aliphatic carbocycles. The Morgan fingerprint density at radius 1 is 1.17 bits per heavy atom. The lowest BCUT2D eigenvalue weighted by Gasteiger charge is -2.32. The van der Waals surface area contributed by atoms with Gasteiger partial charge < -0.3 is 5.32 Å². The minimum absolute atomic E-state index is 0.320. The molecule has 1 rings (SSSR count).